The van der Waals surface area contributed by atoms with Crippen LogP contribution in [0.4, 0.5) is 0 Å². The van der Waals surface area contributed by atoms with Gasteiger partial charge in [-0.15, -0.1) is 0 Å². The summed E-state index contributed by atoms with van der Waals surface area (Å²) in [7, 11) is 3.10. The van der Waals surface area contributed by atoms with Crippen LogP contribution in [0.25, 0.3) is 11.1 Å². The van der Waals surface area contributed by atoms with E-state index in [0.717, 1.165) is 5.56 Å². The van der Waals surface area contributed by atoms with Crippen molar-refractivity contribution in [2.24, 2.45) is 0 Å². The zero-order chi connectivity index (χ0) is 16.4. The standard InChI is InChI=1S/C17H15NO5/c1-21-14-8-7-11(9-15(14)22-2)10-18-12-5-3-4-6-13(12)23-17(20)16(18)19/h3-9H,10H2,1-2H3. The Bertz CT molecular complexity index is 971. The first kappa shape index (κ1) is 14.9. The first-order valence-corrected chi connectivity index (χ1v) is 6.97. The van der Waals surface area contributed by atoms with Gasteiger partial charge in [0.1, 0.15) is 0 Å². The topological polar surface area (TPSA) is 70.7 Å². The zero-order valence-corrected chi connectivity index (χ0v) is 12.7. The Morgan fingerprint density at radius 2 is 1.74 bits per heavy atom. The fourth-order valence-corrected chi connectivity index (χ4v) is 2.45. The molecule has 2 aromatic carbocycles. The van der Waals surface area contributed by atoms with Crippen molar-refractivity contribution in [1.82, 2.24) is 4.57 Å². The molecular formula is C17H15NO5. The summed E-state index contributed by atoms with van der Waals surface area (Å²) in [6.07, 6.45) is 0. The highest BCUT2D eigenvalue weighted by Crippen LogP contribution is 2.28. The molecule has 0 spiro atoms. The molecule has 6 nitrogen and oxygen atoms in total. The minimum Gasteiger partial charge on any atom is -0.493 e. The molecule has 0 atom stereocenters. The van der Waals surface area contributed by atoms with Gasteiger partial charge in [-0.2, -0.15) is 0 Å². The second kappa shape index (κ2) is 6.00. The third-order valence-corrected chi connectivity index (χ3v) is 3.57. The number of aromatic nitrogens is 1. The van der Waals surface area contributed by atoms with Crippen molar-refractivity contribution < 1.29 is 13.9 Å². The maximum absolute atomic E-state index is 12.2. The Morgan fingerprint density at radius 1 is 1.00 bits per heavy atom. The number of hydrogen-bond donors (Lipinski definition) is 0. The van der Waals surface area contributed by atoms with Gasteiger partial charge in [0.2, 0.25) is 0 Å². The third kappa shape index (κ3) is 2.70. The molecule has 1 heterocycles. The molecular weight excluding hydrogens is 298 g/mol. The van der Waals surface area contributed by atoms with Gasteiger partial charge in [-0.25, -0.2) is 4.79 Å². The molecule has 3 aromatic rings. The molecule has 23 heavy (non-hydrogen) atoms. The number of rotatable bonds is 4. The van der Waals surface area contributed by atoms with Crippen LogP contribution in [-0.4, -0.2) is 18.8 Å². The van der Waals surface area contributed by atoms with Crippen molar-refractivity contribution in [3.8, 4) is 11.5 Å². The number of nitrogens with zero attached hydrogens (tertiary/aromatic N) is 1. The van der Waals surface area contributed by atoms with Gasteiger partial charge in [0.25, 0.3) is 0 Å². The second-order valence-electron chi connectivity index (χ2n) is 4.94. The van der Waals surface area contributed by atoms with E-state index in [9.17, 15) is 9.59 Å². The summed E-state index contributed by atoms with van der Waals surface area (Å²) in [6, 6.07) is 12.3. The molecule has 0 amide bonds. The molecule has 0 unspecified atom stereocenters. The van der Waals surface area contributed by atoms with Crippen molar-refractivity contribution in [3.05, 3.63) is 68.8 Å². The Labute approximate surface area is 131 Å². The molecule has 6 heteroatoms. The molecule has 0 aliphatic rings. The van der Waals surface area contributed by atoms with E-state index in [-0.39, 0.29) is 6.54 Å². The van der Waals surface area contributed by atoms with Gasteiger partial charge < -0.3 is 13.9 Å². The summed E-state index contributed by atoms with van der Waals surface area (Å²) in [5.41, 5.74) is 0.160. The normalized spacial score (nSPS) is 10.7. The van der Waals surface area contributed by atoms with E-state index >= 15 is 0 Å². The van der Waals surface area contributed by atoms with Gasteiger partial charge in [-0.1, -0.05) is 18.2 Å². The van der Waals surface area contributed by atoms with Gasteiger partial charge in [0.05, 0.1) is 26.3 Å². The maximum Gasteiger partial charge on any atom is 0.402 e. The van der Waals surface area contributed by atoms with Crippen LogP contribution in [-0.2, 0) is 6.54 Å². The molecule has 118 valence electrons. The monoisotopic (exact) mass is 313 g/mol. The number of methoxy groups -OCH3 is 2. The van der Waals surface area contributed by atoms with Gasteiger partial charge >= 0.3 is 11.2 Å². The molecule has 0 fully saturated rings. The molecule has 1 aromatic heterocycles. The third-order valence-electron chi connectivity index (χ3n) is 3.57. The van der Waals surface area contributed by atoms with Crippen LogP contribution in [0.5, 0.6) is 11.5 Å². The van der Waals surface area contributed by atoms with Crippen LogP contribution in [0, 0.1) is 0 Å². The van der Waals surface area contributed by atoms with Crippen LogP contribution in [0.2, 0.25) is 0 Å². The summed E-state index contributed by atoms with van der Waals surface area (Å²) in [5, 5.41) is 0. The lowest BCUT2D eigenvalue weighted by molar-refractivity contribution is 0.354. The van der Waals surface area contributed by atoms with Crippen molar-refractivity contribution in [2.45, 2.75) is 6.54 Å². The SMILES string of the molecule is COc1ccc(Cn2c(=O)c(=O)oc3ccccc32)cc1OC. The van der Waals surface area contributed by atoms with Crippen molar-refractivity contribution in [3.63, 3.8) is 0 Å². The van der Waals surface area contributed by atoms with E-state index < -0.39 is 11.2 Å². The quantitative estimate of drug-likeness (QED) is 0.689. The van der Waals surface area contributed by atoms with E-state index in [1.54, 1.807) is 50.6 Å². The second-order valence-corrected chi connectivity index (χ2v) is 4.94. The Balaban J connectivity index is 2.14. The van der Waals surface area contributed by atoms with Crippen molar-refractivity contribution in [1.29, 1.82) is 0 Å². The lowest BCUT2D eigenvalue weighted by Gasteiger charge is -2.12. The van der Waals surface area contributed by atoms with Crippen LogP contribution in [0.1, 0.15) is 5.56 Å². The molecule has 0 radical (unpaired) electrons. The van der Waals surface area contributed by atoms with Crippen LogP contribution in [0.3, 0.4) is 0 Å². The lowest BCUT2D eigenvalue weighted by atomic mass is 10.2. The largest absolute Gasteiger partial charge is 0.493 e. The Morgan fingerprint density at radius 3 is 2.48 bits per heavy atom. The number of para-hydroxylation sites is 2. The molecule has 0 saturated heterocycles. The molecule has 0 aliphatic carbocycles. The highest BCUT2D eigenvalue weighted by Gasteiger charge is 2.11. The van der Waals surface area contributed by atoms with E-state index in [2.05, 4.69) is 0 Å². The Kier molecular flexibility index (Phi) is 3.89. The molecule has 0 saturated carbocycles. The van der Waals surface area contributed by atoms with E-state index in [0.29, 0.717) is 22.6 Å². The van der Waals surface area contributed by atoms with Gasteiger partial charge in [0, 0.05) is 0 Å². The first-order chi connectivity index (χ1) is 11.1. The Hall–Kier alpha value is -3.02. The van der Waals surface area contributed by atoms with E-state index in [1.165, 1.54) is 4.57 Å². The number of hydrogen-bond acceptors (Lipinski definition) is 5. The maximum atomic E-state index is 12.2. The van der Waals surface area contributed by atoms with Crippen LogP contribution in [0.15, 0.2) is 56.5 Å². The predicted octanol–water partition coefficient (Wildman–Crippen LogP) is 2.02. The highest BCUT2D eigenvalue weighted by molar-refractivity contribution is 5.72. The van der Waals surface area contributed by atoms with Crippen molar-refractivity contribution in [2.75, 3.05) is 14.2 Å². The zero-order valence-electron chi connectivity index (χ0n) is 12.7. The highest BCUT2D eigenvalue weighted by atomic mass is 16.5. The summed E-state index contributed by atoms with van der Waals surface area (Å²) < 4.78 is 16.9. The number of ether oxygens (including phenoxy) is 2. The molecule has 0 aliphatic heterocycles. The summed E-state index contributed by atoms with van der Waals surface area (Å²) in [6.45, 7) is 0.227. The minimum atomic E-state index is -0.885. The van der Waals surface area contributed by atoms with E-state index in [1.807, 2.05) is 6.07 Å². The number of fused-ring (bicyclic) bond motifs is 1. The summed E-state index contributed by atoms with van der Waals surface area (Å²) in [5.74, 6) is 1.16. The predicted molar refractivity (Wildman–Crippen MR) is 85.4 cm³/mol. The average molecular weight is 313 g/mol. The van der Waals surface area contributed by atoms with Crippen LogP contribution < -0.4 is 20.7 Å². The average Bonchev–Trinajstić information content (AvgIpc) is 2.58. The molecule has 0 bridgehead atoms. The summed E-state index contributed by atoms with van der Waals surface area (Å²) in [4.78, 5) is 23.9. The van der Waals surface area contributed by atoms with E-state index in [4.69, 9.17) is 13.9 Å². The summed E-state index contributed by atoms with van der Waals surface area (Å²) >= 11 is 0. The van der Waals surface area contributed by atoms with Crippen LogP contribution >= 0.6 is 0 Å². The molecule has 3 rings (SSSR count). The smallest absolute Gasteiger partial charge is 0.402 e. The number of benzene rings is 2. The molecule has 0 N–H and O–H groups in total. The van der Waals surface area contributed by atoms with Gasteiger partial charge in [-0.3, -0.25) is 9.36 Å². The fourth-order valence-electron chi connectivity index (χ4n) is 2.45. The fraction of sp³-hybridized carbons (Fsp3) is 0.176. The van der Waals surface area contributed by atoms with Crippen molar-refractivity contribution >= 4 is 11.1 Å². The van der Waals surface area contributed by atoms with Gasteiger partial charge in [0.15, 0.2) is 17.1 Å². The minimum absolute atomic E-state index is 0.227. The van der Waals surface area contributed by atoms with Gasteiger partial charge in [-0.05, 0) is 29.8 Å². The lowest BCUT2D eigenvalue weighted by Crippen LogP contribution is -2.34. The first-order valence-electron chi connectivity index (χ1n) is 6.97.